The van der Waals surface area contributed by atoms with Crippen molar-refractivity contribution in [1.82, 2.24) is 20.9 Å². The molecular weight excluding hydrogens is 489 g/mol. The minimum Gasteiger partial charge on any atom is -0.444 e. The van der Waals surface area contributed by atoms with Gasteiger partial charge in [0.25, 0.3) is 0 Å². The summed E-state index contributed by atoms with van der Waals surface area (Å²) in [4.78, 5) is 19.9. The molecule has 1 aliphatic rings. The number of nitrogens with one attached hydrogen (secondary N) is 3. The smallest absolute Gasteiger partial charge is 0.407 e. The lowest BCUT2D eigenvalue weighted by atomic mass is 10.2. The Morgan fingerprint density at radius 3 is 2.50 bits per heavy atom. The standard InChI is InChI=1S/C19H33N5O2S.HI/c1-19(2,3)26-18(25)22-10-9-21-17(20-4)23-14-15(16-8-7-13-27-16)24-11-5-6-12-24;/h7-8,13,15H,5-6,9-12,14H2,1-4H3,(H,22,25)(H2,20,21,23);1H. The maximum atomic E-state index is 11.7. The highest BCUT2D eigenvalue weighted by Crippen LogP contribution is 2.27. The molecule has 1 fully saturated rings. The second kappa shape index (κ2) is 12.5. The van der Waals surface area contributed by atoms with Crippen molar-refractivity contribution in [3.63, 3.8) is 0 Å². The Bertz CT molecular complexity index is 598. The van der Waals surface area contributed by atoms with Gasteiger partial charge in [0, 0.05) is 31.6 Å². The Balaban J connectivity index is 0.00000392. The highest BCUT2D eigenvalue weighted by molar-refractivity contribution is 14.0. The number of likely N-dealkylation sites (tertiary alicyclic amines) is 1. The van der Waals surface area contributed by atoms with Crippen molar-refractivity contribution in [2.24, 2.45) is 4.99 Å². The zero-order chi connectivity index (χ0) is 19.7. The van der Waals surface area contributed by atoms with E-state index in [-0.39, 0.29) is 24.0 Å². The number of amides is 1. The Kier molecular flexibility index (Phi) is 11.1. The van der Waals surface area contributed by atoms with E-state index < -0.39 is 11.7 Å². The van der Waals surface area contributed by atoms with Gasteiger partial charge in [0.15, 0.2) is 5.96 Å². The average molecular weight is 523 g/mol. The lowest BCUT2D eigenvalue weighted by molar-refractivity contribution is 0.0529. The molecule has 2 rings (SSSR count). The van der Waals surface area contributed by atoms with Gasteiger partial charge in [-0.05, 0) is 58.1 Å². The van der Waals surface area contributed by atoms with Gasteiger partial charge in [-0.15, -0.1) is 35.3 Å². The molecule has 160 valence electrons. The number of carbonyl (C=O) groups excluding carboxylic acids is 1. The van der Waals surface area contributed by atoms with Gasteiger partial charge < -0.3 is 20.7 Å². The van der Waals surface area contributed by atoms with Gasteiger partial charge in [0.2, 0.25) is 0 Å². The van der Waals surface area contributed by atoms with Gasteiger partial charge in [-0.1, -0.05) is 6.07 Å². The van der Waals surface area contributed by atoms with Crippen LogP contribution in [0, 0.1) is 0 Å². The van der Waals surface area contributed by atoms with E-state index in [0.29, 0.717) is 19.1 Å². The van der Waals surface area contributed by atoms with Crippen molar-refractivity contribution in [3.8, 4) is 0 Å². The molecule has 0 aromatic carbocycles. The molecule has 0 spiro atoms. The van der Waals surface area contributed by atoms with Crippen molar-refractivity contribution in [3.05, 3.63) is 22.4 Å². The van der Waals surface area contributed by atoms with E-state index in [1.807, 2.05) is 20.8 Å². The first-order chi connectivity index (χ1) is 12.9. The Labute approximate surface area is 189 Å². The number of ether oxygens (including phenoxy) is 1. The molecule has 1 aromatic heterocycles. The highest BCUT2D eigenvalue weighted by atomic mass is 127. The van der Waals surface area contributed by atoms with E-state index >= 15 is 0 Å². The van der Waals surface area contributed by atoms with Crippen molar-refractivity contribution < 1.29 is 9.53 Å². The predicted molar refractivity (Wildman–Crippen MR) is 127 cm³/mol. The van der Waals surface area contributed by atoms with Crippen LogP contribution in [-0.4, -0.2) is 62.3 Å². The topological polar surface area (TPSA) is 78.0 Å². The van der Waals surface area contributed by atoms with E-state index in [1.165, 1.54) is 17.7 Å². The summed E-state index contributed by atoms with van der Waals surface area (Å²) < 4.78 is 5.22. The maximum absolute atomic E-state index is 11.7. The summed E-state index contributed by atoms with van der Waals surface area (Å²) in [6, 6.07) is 4.68. The summed E-state index contributed by atoms with van der Waals surface area (Å²) >= 11 is 1.80. The van der Waals surface area contributed by atoms with E-state index in [1.54, 1.807) is 18.4 Å². The molecule has 28 heavy (non-hydrogen) atoms. The first kappa shape index (κ1) is 25.0. The van der Waals surface area contributed by atoms with Gasteiger partial charge in [-0.25, -0.2) is 4.79 Å². The zero-order valence-electron chi connectivity index (χ0n) is 17.3. The highest BCUT2D eigenvalue weighted by Gasteiger charge is 2.24. The summed E-state index contributed by atoms with van der Waals surface area (Å²) in [7, 11) is 1.76. The SMILES string of the molecule is CN=C(NCCNC(=O)OC(C)(C)C)NCC(c1cccs1)N1CCCC1.I. The van der Waals surface area contributed by atoms with Crippen molar-refractivity contribution in [2.45, 2.75) is 45.3 Å². The van der Waals surface area contributed by atoms with Crippen molar-refractivity contribution in [1.29, 1.82) is 0 Å². The fraction of sp³-hybridized carbons (Fsp3) is 0.684. The van der Waals surface area contributed by atoms with Crippen LogP contribution in [0.4, 0.5) is 4.79 Å². The predicted octanol–water partition coefficient (Wildman–Crippen LogP) is 3.19. The van der Waals surface area contributed by atoms with Gasteiger partial charge in [0.05, 0.1) is 6.04 Å². The summed E-state index contributed by atoms with van der Waals surface area (Å²) in [5, 5.41) is 11.5. The Hall–Kier alpha value is -1.07. The zero-order valence-corrected chi connectivity index (χ0v) is 20.4. The number of rotatable bonds is 7. The molecule has 1 aromatic rings. The van der Waals surface area contributed by atoms with Gasteiger partial charge in [-0.2, -0.15) is 0 Å². The third-order valence-corrected chi connectivity index (χ3v) is 5.20. The van der Waals surface area contributed by atoms with E-state index in [0.717, 1.165) is 25.6 Å². The van der Waals surface area contributed by atoms with E-state index in [4.69, 9.17) is 4.74 Å². The van der Waals surface area contributed by atoms with Crippen LogP contribution in [-0.2, 0) is 4.74 Å². The molecule has 1 atom stereocenters. The number of thiophene rings is 1. The first-order valence-electron chi connectivity index (χ1n) is 9.58. The molecule has 1 unspecified atom stereocenters. The van der Waals surface area contributed by atoms with Crippen molar-refractivity contribution in [2.75, 3.05) is 39.8 Å². The summed E-state index contributed by atoms with van der Waals surface area (Å²) in [5.41, 5.74) is -0.485. The summed E-state index contributed by atoms with van der Waals surface area (Å²) in [5.74, 6) is 0.738. The monoisotopic (exact) mass is 523 g/mol. The number of carbonyl (C=O) groups is 1. The van der Waals surface area contributed by atoms with Gasteiger partial charge >= 0.3 is 6.09 Å². The number of hydrogen-bond donors (Lipinski definition) is 3. The molecule has 0 aliphatic carbocycles. The number of alkyl carbamates (subject to hydrolysis) is 1. The normalized spacial score (nSPS) is 16.2. The van der Waals surface area contributed by atoms with Gasteiger partial charge in [-0.3, -0.25) is 9.89 Å². The second-order valence-corrected chi connectivity index (χ2v) is 8.56. The third kappa shape index (κ3) is 8.95. The number of halogens is 1. The molecule has 1 amide bonds. The molecule has 0 bridgehead atoms. The number of aliphatic imine (C=N–C) groups is 1. The van der Waals surface area contributed by atoms with Crippen LogP contribution >= 0.6 is 35.3 Å². The molecular formula is C19H34IN5O2S. The maximum Gasteiger partial charge on any atom is 0.407 e. The lowest BCUT2D eigenvalue weighted by Crippen LogP contribution is -2.45. The molecule has 0 radical (unpaired) electrons. The van der Waals surface area contributed by atoms with Crippen LogP contribution in [0.2, 0.25) is 0 Å². The molecule has 0 saturated carbocycles. The van der Waals surface area contributed by atoms with Crippen LogP contribution in [0.1, 0.15) is 44.5 Å². The summed E-state index contributed by atoms with van der Waals surface area (Å²) in [6.45, 7) is 9.69. The van der Waals surface area contributed by atoms with Crippen LogP contribution in [0.5, 0.6) is 0 Å². The average Bonchev–Trinajstić information content (AvgIpc) is 3.29. The van der Waals surface area contributed by atoms with Gasteiger partial charge in [0.1, 0.15) is 5.60 Å². The van der Waals surface area contributed by atoms with E-state index in [2.05, 4.69) is 43.4 Å². The lowest BCUT2D eigenvalue weighted by Gasteiger charge is -2.27. The molecule has 9 heteroatoms. The summed E-state index contributed by atoms with van der Waals surface area (Å²) in [6.07, 6.45) is 2.13. The quantitative estimate of drug-likeness (QED) is 0.222. The van der Waals surface area contributed by atoms with Crippen LogP contribution in [0.25, 0.3) is 0 Å². The van der Waals surface area contributed by atoms with Crippen LogP contribution < -0.4 is 16.0 Å². The molecule has 7 nitrogen and oxygen atoms in total. The molecule has 3 N–H and O–H groups in total. The number of nitrogens with zero attached hydrogens (tertiary/aromatic N) is 2. The number of guanidine groups is 1. The van der Waals surface area contributed by atoms with Crippen LogP contribution in [0.3, 0.4) is 0 Å². The first-order valence-corrected chi connectivity index (χ1v) is 10.5. The fourth-order valence-corrected chi connectivity index (χ4v) is 3.88. The third-order valence-electron chi connectivity index (χ3n) is 4.23. The molecule has 1 saturated heterocycles. The Morgan fingerprint density at radius 1 is 1.25 bits per heavy atom. The number of hydrogen-bond acceptors (Lipinski definition) is 5. The minimum atomic E-state index is -0.485. The minimum absolute atomic E-state index is 0. The fourth-order valence-electron chi connectivity index (χ4n) is 3.02. The second-order valence-electron chi connectivity index (χ2n) is 7.58. The van der Waals surface area contributed by atoms with E-state index in [9.17, 15) is 4.79 Å². The van der Waals surface area contributed by atoms with Crippen LogP contribution in [0.15, 0.2) is 22.5 Å². The molecule has 1 aliphatic heterocycles. The largest absolute Gasteiger partial charge is 0.444 e. The van der Waals surface area contributed by atoms with Crippen molar-refractivity contribution >= 4 is 47.4 Å². The Morgan fingerprint density at radius 2 is 1.93 bits per heavy atom. The molecule has 2 heterocycles.